The number of rotatable bonds is 7. The van der Waals surface area contributed by atoms with Gasteiger partial charge in [0.1, 0.15) is 23.4 Å². The predicted octanol–water partition coefficient (Wildman–Crippen LogP) is 4.47. The Balaban J connectivity index is 1.74. The van der Waals surface area contributed by atoms with Crippen LogP contribution in [0.25, 0.3) is 22.5 Å². The summed E-state index contributed by atoms with van der Waals surface area (Å²) in [6.07, 6.45) is 0. The van der Waals surface area contributed by atoms with Crippen molar-refractivity contribution >= 4 is 29.5 Å². The zero-order chi connectivity index (χ0) is 24.1. The van der Waals surface area contributed by atoms with E-state index in [-0.39, 0.29) is 23.1 Å². The summed E-state index contributed by atoms with van der Waals surface area (Å²) in [6, 6.07) is 22.1. The normalized spacial score (nSPS) is 11.4. The molecule has 0 saturated heterocycles. The highest BCUT2D eigenvalue weighted by molar-refractivity contribution is 7.99. The molecule has 0 fully saturated rings. The Morgan fingerprint density at radius 2 is 1.76 bits per heavy atom. The maximum absolute atomic E-state index is 13.2. The molecule has 4 aromatic rings. The number of anilines is 2. The highest BCUT2D eigenvalue weighted by Gasteiger charge is 2.27. The second-order valence-corrected chi connectivity index (χ2v) is 8.12. The van der Waals surface area contributed by atoms with E-state index in [0.29, 0.717) is 16.5 Å². The van der Waals surface area contributed by atoms with E-state index < -0.39 is 11.9 Å². The maximum atomic E-state index is 13.2. The van der Waals surface area contributed by atoms with Crippen molar-refractivity contribution < 1.29 is 9.21 Å². The highest BCUT2D eigenvalue weighted by atomic mass is 32.2. The van der Waals surface area contributed by atoms with Crippen molar-refractivity contribution in [2.75, 3.05) is 16.8 Å². The molecule has 34 heavy (non-hydrogen) atoms. The van der Waals surface area contributed by atoms with Crippen LogP contribution in [0.3, 0.4) is 0 Å². The van der Waals surface area contributed by atoms with Crippen LogP contribution < -0.4 is 11.1 Å². The Hall–Kier alpha value is -4.54. The van der Waals surface area contributed by atoms with Crippen LogP contribution >= 0.6 is 11.8 Å². The van der Waals surface area contributed by atoms with Gasteiger partial charge in [0.2, 0.25) is 17.7 Å². The fraction of sp³-hybridized carbons (Fsp3) is 0.125. The standard InChI is InChI=1S/C24H19N7O2S/c1-15(31-23(27)29-30-24(31)34-13-12-25)21(32)28-22-18(14-26)19(16-8-4-2-5-9-16)20(33-22)17-10-6-3-7-11-17/h2-11,15H,13H2,1H3,(H2,27,29)(H,28,32). The minimum absolute atomic E-state index is 0.0370. The first-order valence-electron chi connectivity index (χ1n) is 10.2. The number of hydrogen-bond acceptors (Lipinski definition) is 8. The lowest BCUT2D eigenvalue weighted by atomic mass is 9.98. The molecule has 0 spiro atoms. The molecule has 3 N–H and O–H groups in total. The molecule has 168 valence electrons. The van der Waals surface area contributed by atoms with Crippen molar-refractivity contribution in [2.45, 2.75) is 18.1 Å². The van der Waals surface area contributed by atoms with Crippen LogP contribution in [0.2, 0.25) is 0 Å². The summed E-state index contributed by atoms with van der Waals surface area (Å²) in [4.78, 5) is 13.2. The zero-order valence-corrected chi connectivity index (χ0v) is 18.9. The lowest BCUT2D eigenvalue weighted by molar-refractivity contribution is -0.119. The molecular weight excluding hydrogens is 450 g/mol. The molecule has 4 rings (SSSR count). The van der Waals surface area contributed by atoms with E-state index in [1.807, 2.05) is 66.7 Å². The minimum Gasteiger partial charge on any atom is -0.438 e. The monoisotopic (exact) mass is 469 g/mol. The number of benzene rings is 2. The molecule has 2 heterocycles. The number of nitriles is 2. The first-order chi connectivity index (χ1) is 16.5. The second kappa shape index (κ2) is 9.94. The van der Waals surface area contributed by atoms with Gasteiger partial charge in [0.15, 0.2) is 5.16 Å². The van der Waals surface area contributed by atoms with Crippen molar-refractivity contribution in [3.05, 3.63) is 66.2 Å². The quantitative estimate of drug-likeness (QED) is 0.377. The second-order valence-electron chi connectivity index (χ2n) is 7.18. The van der Waals surface area contributed by atoms with E-state index >= 15 is 0 Å². The molecule has 0 bridgehead atoms. The first kappa shape index (κ1) is 22.6. The topological polar surface area (TPSA) is 147 Å². The highest BCUT2D eigenvalue weighted by Crippen LogP contribution is 2.41. The first-order valence-corrected chi connectivity index (χ1v) is 11.2. The summed E-state index contributed by atoms with van der Waals surface area (Å²) in [6.45, 7) is 1.62. The zero-order valence-electron chi connectivity index (χ0n) is 18.1. The molecule has 0 aliphatic rings. The molecule has 1 amide bonds. The predicted molar refractivity (Wildman–Crippen MR) is 128 cm³/mol. The Labute approximate surface area is 199 Å². The number of nitrogens with one attached hydrogen (secondary N) is 1. The molecule has 0 aliphatic carbocycles. The number of carbonyl (C=O) groups excluding carboxylic acids is 1. The van der Waals surface area contributed by atoms with Gasteiger partial charge < -0.3 is 10.2 Å². The van der Waals surface area contributed by atoms with Gasteiger partial charge in [-0.2, -0.15) is 10.5 Å². The average Bonchev–Trinajstić information content (AvgIpc) is 3.43. The van der Waals surface area contributed by atoms with Crippen LogP contribution in [0.5, 0.6) is 0 Å². The molecule has 1 atom stereocenters. The average molecular weight is 470 g/mol. The van der Waals surface area contributed by atoms with Crippen LogP contribution in [0.1, 0.15) is 18.5 Å². The van der Waals surface area contributed by atoms with Gasteiger partial charge in [-0.1, -0.05) is 72.4 Å². The molecule has 10 heteroatoms. The van der Waals surface area contributed by atoms with Crippen LogP contribution in [-0.4, -0.2) is 26.4 Å². The number of hydrogen-bond donors (Lipinski definition) is 2. The Bertz CT molecular complexity index is 1400. The lowest BCUT2D eigenvalue weighted by Gasteiger charge is -2.15. The van der Waals surface area contributed by atoms with E-state index in [2.05, 4.69) is 21.6 Å². The summed E-state index contributed by atoms with van der Waals surface area (Å²) < 4.78 is 7.50. The molecule has 2 aromatic heterocycles. The summed E-state index contributed by atoms with van der Waals surface area (Å²) in [7, 11) is 0. The smallest absolute Gasteiger partial charge is 0.249 e. The van der Waals surface area contributed by atoms with Crippen molar-refractivity contribution in [3.63, 3.8) is 0 Å². The molecule has 0 radical (unpaired) electrons. The number of nitrogens with zero attached hydrogens (tertiary/aromatic N) is 5. The molecule has 0 aliphatic heterocycles. The third-order valence-corrected chi connectivity index (χ3v) is 5.89. The van der Waals surface area contributed by atoms with Gasteiger partial charge >= 0.3 is 0 Å². The number of nitrogen functional groups attached to an aromatic ring is 1. The maximum Gasteiger partial charge on any atom is 0.249 e. The van der Waals surface area contributed by atoms with Gasteiger partial charge in [0, 0.05) is 11.1 Å². The van der Waals surface area contributed by atoms with Crippen molar-refractivity contribution in [1.82, 2.24) is 14.8 Å². The summed E-state index contributed by atoms with van der Waals surface area (Å²) in [5, 5.41) is 29.7. The number of aromatic nitrogens is 3. The van der Waals surface area contributed by atoms with Gasteiger partial charge in [-0.05, 0) is 12.5 Å². The Kier molecular flexibility index (Phi) is 6.62. The number of thioether (sulfide) groups is 1. The third kappa shape index (κ3) is 4.35. The fourth-order valence-corrected chi connectivity index (χ4v) is 4.16. The Morgan fingerprint density at radius 3 is 2.38 bits per heavy atom. The van der Waals surface area contributed by atoms with Gasteiger partial charge in [0.25, 0.3) is 0 Å². The van der Waals surface area contributed by atoms with Crippen molar-refractivity contribution in [2.24, 2.45) is 0 Å². The summed E-state index contributed by atoms with van der Waals surface area (Å²) in [5.41, 5.74) is 8.27. The number of furan rings is 1. The third-order valence-electron chi connectivity index (χ3n) is 5.08. The molecule has 0 saturated carbocycles. The van der Waals surface area contributed by atoms with Crippen molar-refractivity contribution in [3.8, 4) is 34.6 Å². The van der Waals surface area contributed by atoms with Crippen LogP contribution in [-0.2, 0) is 4.79 Å². The summed E-state index contributed by atoms with van der Waals surface area (Å²) in [5.74, 6) is 0.201. The van der Waals surface area contributed by atoms with E-state index in [9.17, 15) is 10.1 Å². The largest absolute Gasteiger partial charge is 0.438 e. The molecule has 2 aromatic carbocycles. The fourth-order valence-electron chi connectivity index (χ4n) is 3.48. The van der Waals surface area contributed by atoms with Gasteiger partial charge in [0.05, 0.1) is 11.8 Å². The molecule has 1 unspecified atom stereocenters. The van der Waals surface area contributed by atoms with E-state index in [0.717, 1.165) is 22.9 Å². The van der Waals surface area contributed by atoms with Gasteiger partial charge in [-0.25, -0.2) is 0 Å². The van der Waals surface area contributed by atoms with Crippen molar-refractivity contribution in [1.29, 1.82) is 10.5 Å². The molecule has 9 nitrogen and oxygen atoms in total. The van der Waals surface area contributed by atoms with Gasteiger partial charge in [-0.15, -0.1) is 10.2 Å². The van der Waals surface area contributed by atoms with E-state index in [1.165, 1.54) is 4.57 Å². The number of carbonyl (C=O) groups is 1. The number of amides is 1. The van der Waals surface area contributed by atoms with Crippen LogP contribution in [0.15, 0.2) is 70.2 Å². The summed E-state index contributed by atoms with van der Waals surface area (Å²) >= 11 is 1.12. The van der Waals surface area contributed by atoms with Gasteiger partial charge in [-0.3, -0.25) is 14.7 Å². The minimum atomic E-state index is -0.826. The van der Waals surface area contributed by atoms with E-state index in [1.54, 1.807) is 6.92 Å². The SMILES string of the molecule is CC(C(=O)Nc1oc(-c2ccccc2)c(-c2ccccc2)c1C#N)n1c(N)nnc1SCC#N. The molecular formula is C24H19N7O2S. The lowest BCUT2D eigenvalue weighted by Crippen LogP contribution is -2.25. The van der Waals surface area contributed by atoms with Crippen LogP contribution in [0.4, 0.5) is 11.8 Å². The Morgan fingerprint density at radius 1 is 1.12 bits per heavy atom. The van der Waals surface area contributed by atoms with Crippen LogP contribution in [0, 0.1) is 22.7 Å². The van der Waals surface area contributed by atoms with E-state index in [4.69, 9.17) is 15.4 Å². The number of nitrogens with two attached hydrogens (primary N) is 1.